The molecule has 1 N–H and O–H groups in total. The van der Waals surface area contributed by atoms with Gasteiger partial charge in [-0.2, -0.15) is 0 Å². The quantitative estimate of drug-likeness (QED) is 0.812. The van der Waals surface area contributed by atoms with Gasteiger partial charge < -0.3 is 15.0 Å². The molecule has 3 heteroatoms. The van der Waals surface area contributed by atoms with Crippen molar-refractivity contribution in [3.8, 4) is 0 Å². The second kappa shape index (κ2) is 6.36. The van der Waals surface area contributed by atoms with Gasteiger partial charge in [0.1, 0.15) is 0 Å². The Labute approximate surface area is 112 Å². The van der Waals surface area contributed by atoms with Crippen molar-refractivity contribution in [2.45, 2.75) is 33.1 Å². The van der Waals surface area contributed by atoms with Crippen LogP contribution < -0.4 is 5.32 Å². The molecule has 2 saturated heterocycles. The fourth-order valence-electron chi connectivity index (χ4n) is 3.55. The Bertz CT molecular complexity index is 243. The van der Waals surface area contributed by atoms with Gasteiger partial charge in [0.05, 0.1) is 0 Å². The van der Waals surface area contributed by atoms with Crippen molar-refractivity contribution >= 4 is 0 Å². The van der Waals surface area contributed by atoms with Gasteiger partial charge in [-0.15, -0.1) is 0 Å². The summed E-state index contributed by atoms with van der Waals surface area (Å²) in [5, 5.41) is 3.56. The summed E-state index contributed by atoms with van der Waals surface area (Å²) in [6, 6.07) is 0. The van der Waals surface area contributed by atoms with Gasteiger partial charge in [0.25, 0.3) is 0 Å². The number of nitrogens with zero attached hydrogens (tertiary/aromatic N) is 1. The SMILES string of the molecule is CC(C)C1(CN(C)CC2CCOCC2)CCNC1. The third-order valence-electron chi connectivity index (χ3n) is 5.00. The second-order valence-electron chi connectivity index (χ2n) is 6.70. The first-order valence-corrected chi connectivity index (χ1v) is 7.59. The lowest BCUT2D eigenvalue weighted by atomic mass is 9.76. The van der Waals surface area contributed by atoms with Crippen molar-refractivity contribution in [1.29, 1.82) is 0 Å². The van der Waals surface area contributed by atoms with E-state index in [1.165, 1.54) is 45.4 Å². The molecule has 3 nitrogen and oxygen atoms in total. The number of hydrogen-bond acceptors (Lipinski definition) is 3. The Morgan fingerprint density at radius 3 is 2.61 bits per heavy atom. The molecule has 2 aliphatic heterocycles. The van der Waals surface area contributed by atoms with E-state index in [1.807, 2.05) is 0 Å². The van der Waals surface area contributed by atoms with Gasteiger partial charge in [-0.05, 0) is 50.1 Å². The van der Waals surface area contributed by atoms with Gasteiger partial charge in [0.15, 0.2) is 0 Å². The molecular weight excluding hydrogens is 224 g/mol. The molecule has 1 unspecified atom stereocenters. The summed E-state index contributed by atoms with van der Waals surface area (Å²) >= 11 is 0. The fourth-order valence-corrected chi connectivity index (χ4v) is 3.55. The van der Waals surface area contributed by atoms with Crippen LogP contribution in [-0.4, -0.2) is 51.3 Å². The van der Waals surface area contributed by atoms with Crippen LogP contribution in [0, 0.1) is 17.3 Å². The predicted octanol–water partition coefficient (Wildman–Crippen LogP) is 1.98. The van der Waals surface area contributed by atoms with Crippen LogP contribution in [-0.2, 0) is 4.74 Å². The normalized spacial score (nSPS) is 30.5. The lowest BCUT2D eigenvalue weighted by Crippen LogP contribution is -2.43. The Morgan fingerprint density at radius 1 is 1.33 bits per heavy atom. The van der Waals surface area contributed by atoms with E-state index in [1.54, 1.807) is 0 Å². The van der Waals surface area contributed by atoms with Crippen LogP contribution in [0.4, 0.5) is 0 Å². The number of ether oxygens (including phenoxy) is 1. The smallest absolute Gasteiger partial charge is 0.0469 e. The van der Waals surface area contributed by atoms with E-state index in [-0.39, 0.29) is 0 Å². The summed E-state index contributed by atoms with van der Waals surface area (Å²) in [7, 11) is 2.30. The van der Waals surface area contributed by atoms with Gasteiger partial charge in [-0.1, -0.05) is 13.8 Å². The second-order valence-corrected chi connectivity index (χ2v) is 6.70. The minimum Gasteiger partial charge on any atom is -0.381 e. The van der Waals surface area contributed by atoms with E-state index in [9.17, 15) is 0 Å². The van der Waals surface area contributed by atoms with E-state index in [0.29, 0.717) is 5.41 Å². The van der Waals surface area contributed by atoms with Gasteiger partial charge in [-0.25, -0.2) is 0 Å². The van der Waals surface area contributed by atoms with E-state index in [0.717, 1.165) is 25.0 Å². The largest absolute Gasteiger partial charge is 0.381 e. The molecular formula is C15H30N2O. The van der Waals surface area contributed by atoms with Crippen molar-refractivity contribution in [3.05, 3.63) is 0 Å². The Balaban J connectivity index is 1.83. The first kappa shape index (κ1) is 14.3. The predicted molar refractivity (Wildman–Crippen MR) is 75.8 cm³/mol. The summed E-state index contributed by atoms with van der Waals surface area (Å²) in [6.45, 7) is 11.6. The van der Waals surface area contributed by atoms with Crippen LogP contribution >= 0.6 is 0 Å². The topological polar surface area (TPSA) is 24.5 Å². The highest BCUT2D eigenvalue weighted by Gasteiger charge is 2.37. The summed E-state index contributed by atoms with van der Waals surface area (Å²) in [5.41, 5.74) is 0.500. The van der Waals surface area contributed by atoms with E-state index >= 15 is 0 Å². The molecule has 2 heterocycles. The molecule has 2 fully saturated rings. The Kier molecular flexibility index (Phi) is 5.05. The summed E-state index contributed by atoms with van der Waals surface area (Å²) in [5.74, 6) is 1.62. The highest BCUT2D eigenvalue weighted by molar-refractivity contribution is 4.92. The van der Waals surface area contributed by atoms with Gasteiger partial charge in [0.2, 0.25) is 0 Å². The standard InChI is InChI=1S/C15H30N2O/c1-13(2)15(6-7-16-11-15)12-17(3)10-14-4-8-18-9-5-14/h13-14,16H,4-12H2,1-3H3. The molecule has 18 heavy (non-hydrogen) atoms. The maximum Gasteiger partial charge on any atom is 0.0469 e. The molecule has 0 radical (unpaired) electrons. The van der Waals surface area contributed by atoms with Crippen LogP contribution in [0.5, 0.6) is 0 Å². The molecule has 0 bridgehead atoms. The molecule has 0 aromatic heterocycles. The Hall–Kier alpha value is -0.120. The Morgan fingerprint density at radius 2 is 2.06 bits per heavy atom. The molecule has 0 spiro atoms. The molecule has 2 rings (SSSR count). The third kappa shape index (κ3) is 3.46. The van der Waals surface area contributed by atoms with Crippen LogP contribution in [0.2, 0.25) is 0 Å². The number of nitrogens with one attached hydrogen (secondary N) is 1. The minimum absolute atomic E-state index is 0.500. The number of hydrogen-bond donors (Lipinski definition) is 1. The van der Waals surface area contributed by atoms with Crippen molar-refractivity contribution in [3.63, 3.8) is 0 Å². The van der Waals surface area contributed by atoms with Gasteiger partial charge in [0, 0.05) is 32.8 Å². The van der Waals surface area contributed by atoms with E-state index in [2.05, 4.69) is 31.1 Å². The number of rotatable bonds is 5. The summed E-state index contributed by atoms with van der Waals surface area (Å²) in [6.07, 6.45) is 3.83. The molecule has 0 aromatic carbocycles. The third-order valence-corrected chi connectivity index (χ3v) is 5.00. The van der Waals surface area contributed by atoms with Crippen molar-refractivity contribution < 1.29 is 4.74 Å². The zero-order valence-electron chi connectivity index (χ0n) is 12.4. The van der Waals surface area contributed by atoms with Gasteiger partial charge >= 0.3 is 0 Å². The molecule has 0 aliphatic carbocycles. The molecule has 0 amide bonds. The highest BCUT2D eigenvalue weighted by atomic mass is 16.5. The summed E-state index contributed by atoms with van der Waals surface area (Å²) < 4.78 is 5.44. The lowest BCUT2D eigenvalue weighted by Gasteiger charge is -2.38. The average Bonchev–Trinajstić information content (AvgIpc) is 2.80. The first-order chi connectivity index (χ1) is 8.62. The highest BCUT2D eigenvalue weighted by Crippen LogP contribution is 2.35. The monoisotopic (exact) mass is 254 g/mol. The van der Waals surface area contributed by atoms with Crippen molar-refractivity contribution in [2.75, 3.05) is 46.4 Å². The maximum absolute atomic E-state index is 5.44. The van der Waals surface area contributed by atoms with E-state index < -0.39 is 0 Å². The summed E-state index contributed by atoms with van der Waals surface area (Å²) in [4.78, 5) is 2.57. The fraction of sp³-hybridized carbons (Fsp3) is 1.00. The van der Waals surface area contributed by atoms with E-state index in [4.69, 9.17) is 4.74 Å². The zero-order valence-corrected chi connectivity index (χ0v) is 12.4. The molecule has 1 atom stereocenters. The van der Waals surface area contributed by atoms with Crippen LogP contribution in [0.25, 0.3) is 0 Å². The molecule has 0 saturated carbocycles. The lowest BCUT2D eigenvalue weighted by molar-refractivity contribution is 0.0463. The maximum atomic E-state index is 5.44. The average molecular weight is 254 g/mol. The van der Waals surface area contributed by atoms with Crippen molar-refractivity contribution in [1.82, 2.24) is 10.2 Å². The van der Waals surface area contributed by atoms with Gasteiger partial charge in [-0.3, -0.25) is 0 Å². The minimum atomic E-state index is 0.500. The molecule has 106 valence electrons. The first-order valence-electron chi connectivity index (χ1n) is 7.59. The van der Waals surface area contributed by atoms with Crippen LogP contribution in [0.1, 0.15) is 33.1 Å². The molecule has 2 aliphatic rings. The zero-order chi connectivity index (χ0) is 13.0. The van der Waals surface area contributed by atoms with Crippen LogP contribution in [0.15, 0.2) is 0 Å². The molecule has 0 aromatic rings. The van der Waals surface area contributed by atoms with Crippen LogP contribution in [0.3, 0.4) is 0 Å². The van der Waals surface area contributed by atoms with Crippen molar-refractivity contribution in [2.24, 2.45) is 17.3 Å².